The van der Waals surface area contributed by atoms with E-state index in [9.17, 15) is 9.18 Å². The Bertz CT molecular complexity index is 979. The Labute approximate surface area is 162 Å². The summed E-state index contributed by atoms with van der Waals surface area (Å²) in [6.45, 7) is 0.0839. The molecule has 0 atom stereocenters. The monoisotopic (exact) mass is 381 g/mol. The van der Waals surface area contributed by atoms with Gasteiger partial charge in [-0.1, -0.05) is 18.2 Å². The molecular weight excluding hydrogens is 361 g/mol. The fraction of sp³-hybridized carbons (Fsp3) is 0.143. The Hall–Kier alpha value is -3.61. The van der Waals surface area contributed by atoms with Crippen LogP contribution in [-0.2, 0) is 6.54 Å². The van der Waals surface area contributed by atoms with Crippen molar-refractivity contribution in [3.63, 3.8) is 0 Å². The summed E-state index contributed by atoms with van der Waals surface area (Å²) in [6, 6.07) is 15.1. The van der Waals surface area contributed by atoms with Crippen molar-refractivity contribution < 1.29 is 18.7 Å². The van der Waals surface area contributed by atoms with Gasteiger partial charge in [-0.15, -0.1) is 0 Å². The van der Waals surface area contributed by atoms with Gasteiger partial charge in [0.25, 0.3) is 5.91 Å². The summed E-state index contributed by atoms with van der Waals surface area (Å²) < 4.78 is 24.2. The lowest BCUT2D eigenvalue weighted by molar-refractivity contribution is 0.0945. The number of hydrogen-bond acceptors (Lipinski definition) is 5. The van der Waals surface area contributed by atoms with Crippen molar-refractivity contribution in [2.75, 3.05) is 19.5 Å². The number of nitrogens with zero attached hydrogens (tertiary/aromatic N) is 1. The van der Waals surface area contributed by atoms with E-state index in [4.69, 9.17) is 9.47 Å². The number of benzene rings is 2. The first-order valence-corrected chi connectivity index (χ1v) is 8.57. The normalized spacial score (nSPS) is 10.2. The Morgan fingerprint density at radius 3 is 2.50 bits per heavy atom. The highest BCUT2D eigenvalue weighted by Gasteiger charge is 2.10. The molecule has 1 aromatic heterocycles. The van der Waals surface area contributed by atoms with E-state index in [1.54, 1.807) is 56.7 Å². The van der Waals surface area contributed by atoms with Gasteiger partial charge in [0, 0.05) is 35.7 Å². The average Bonchev–Trinajstić information content (AvgIpc) is 2.73. The summed E-state index contributed by atoms with van der Waals surface area (Å²) in [7, 11) is 3.13. The maximum atomic E-state index is 13.7. The molecule has 0 radical (unpaired) electrons. The molecule has 0 fully saturated rings. The van der Waals surface area contributed by atoms with Crippen LogP contribution in [0, 0.1) is 5.82 Å². The van der Waals surface area contributed by atoms with Gasteiger partial charge >= 0.3 is 0 Å². The molecule has 3 aromatic rings. The van der Waals surface area contributed by atoms with Crippen LogP contribution in [0.2, 0.25) is 0 Å². The minimum absolute atomic E-state index is 0.0839. The third-order valence-corrected chi connectivity index (χ3v) is 4.06. The van der Waals surface area contributed by atoms with E-state index >= 15 is 0 Å². The number of methoxy groups -OCH3 is 2. The number of amides is 1. The van der Waals surface area contributed by atoms with Gasteiger partial charge in [-0.2, -0.15) is 0 Å². The van der Waals surface area contributed by atoms with E-state index in [1.165, 1.54) is 12.3 Å². The zero-order valence-corrected chi connectivity index (χ0v) is 15.5. The number of hydrogen-bond donors (Lipinski definition) is 2. The maximum Gasteiger partial charge on any atom is 0.270 e. The molecule has 1 amide bonds. The minimum Gasteiger partial charge on any atom is -0.493 e. The molecule has 0 aliphatic rings. The zero-order chi connectivity index (χ0) is 19.9. The average molecular weight is 381 g/mol. The Morgan fingerprint density at radius 2 is 1.75 bits per heavy atom. The summed E-state index contributed by atoms with van der Waals surface area (Å²) in [5.74, 6) is 0.458. The van der Waals surface area contributed by atoms with E-state index in [1.807, 2.05) is 6.07 Å². The Morgan fingerprint density at radius 1 is 1.00 bits per heavy atom. The third-order valence-electron chi connectivity index (χ3n) is 4.06. The topological polar surface area (TPSA) is 72.5 Å². The molecule has 0 aliphatic carbocycles. The van der Waals surface area contributed by atoms with Crippen LogP contribution in [0.3, 0.4) is 0 Å². The number of pyridine rings is 1. The number of halogens is 1. The molecule has 28 heavy (non-hydrogen) atoms. The number of carbonyl (C=O) groups excluding carboxylic acids is 1. The number of anilines is 2. The van der Waals surface area contributed by atoms with E-state index in [-0.39, 0.29) is 24.0 Å². The molecule has 144 valence electrons. The SMILES string of the molecule is COc1ccc(Nc2ccnc(C(=O)NCc3ccccc3F)c2)cc1OC. The standard InChI is InChI=1S/C21H20FN3O3/c1-27-19-8-7-15(12-20(19)28-2)25-16-9-10-23-18(11-16)21(26)24-13-14-5-3-4-6-17(14)22/h3-12H,13H2,1-2H3,(H,23,25)(H,24,26). The molecule has 0 unspecified atom stereocenters. The molecule has 0 bridgehead atoms. The van der Waals surface area contributed by atoms with Crippen molar-refractivity contribution in [2.24, 2.45) is 0 Å². The summed E-state index contributed by atoms with van der Waals surface area (Å²) in [5, 5.41) is 5.87. The van der Waals surface area contributed by atoms with Gasteiger partial charge in [-0.3, -0.25) is 9.78 Å². The molecule has 6 nitrogen and oxygen atoms in total. The first-order valence-electron chi connectivity index (χ1n) is 8.57. The van der Waals surface area contributed by atoms with Crippen LogP contribution in [-0.4, -0.2) is 25.1 Å². The largest absolute Gasteiger partial charge is 0.493 e. The van der Waals surface area contributed by atoms with Crippen LogP contribution in [0.5, 0.6) is 11.5 Å². The Balaban J connectivity index is 1.70. The van der Waals surface area contributed by atoms with Gasteiger partial charge in [0.2, 0.25) is 0 Å². The first-order chi connectivity index (χ1) is 13.6. The van der Waals surface area contributed by atoms with Crippen molar-refractivity contribution in [1.82, 2.24) is 10.3 Å². The van der Waals surface area contributed by atoms with E-state index < -0.39 is 0 Å². The second-order valence-corrected chi connectivity index (χ2v) is 5.90. The van der Waals surface area contributed by atoms with Crippen molar-refractivity contribution in [3.8, 4) is 11.5 Å². The van der Waals surface area contributed by atoms with Crippen LogP contribution < -0.4 is 20.1 Å². The van der Waals surface area contributed by atoms with E-state index in [2.05, 4.69) is 15.6 Å². The lowest BCUT2D eigenvalue weighted by Gasteiger charge is -2.12. The lowest BCUT2D eigenvalue weighted by Crippen LogP contribution is -2.24. The molecule has 3 rings (SSSR count). The van der Waals surface area contributed by atoms with Gasteiger partial charge in [0.05, 0.1) is 14.2 Å². The van der Waals surface area contributed by atoms with Crippen molar-refractivity contribution in [2.45, 2.75) is 6.54 Å². The van der Waals surface area contributed by atoms with E-state index in [0.717, 1.165) is 5.69 Å². The smallest absolute Gasteiger partial charge is 0.270 e. The van der Waals surface area contributed by atoms with Crippen molar-refractivity contribution >= 4 is 17.3 Å². The van der Waals surface area contributed by atoms with Gasteiger partial charge in [-0.05, 0) is 30.3 Å². The minimum atomic E-state index is -0.390. The maximum absolute atomic E-state index is 13.7. The highest BCUT2D eigenvalue weighted by Crippen LogP contribution is 2.31. The summed E-state index contributed by atoms with van der Waals surface area (Å²) in [6.07, 6.45) is 1.53. The van der Waals surface area contributed by atoms with Crippen LogP contribution in [0.4, 0.5) is 15.8 Å². The molecule has 0 aliphatic heterocycles. The van der Waals surface area contributed by atoms with Crippen molar-refractivity contribution in [1.29, 1.82) is 0 Å². The summed E-state index contributed by atoms with van der Waals surface area (Å²) >= 11 is 0. The molecule has 0 saturated heterocycles. The molecule has 7 heteroatoms. The van der Waals surface area contributed by atoms with E-state index in [0.29, 0.717) is 22.7 Å². The van der Waals surface area contributed by atoms with Gasteiger partial charge in [-0.25, -0.2) is 4.39 Å². The molecule has 2 aromatic carbocycles. The zero-order valence-electron chi connectivity index (χ0n) is 15.5. The number of rotatable bonds is 7. The number of aromatic nitrogens is 1. The predicted octanol–water partition coefficient (Wildman–Crippen LogP) is 3.91. The van der Waals surface area contributed by atoms with Crippen LogP contribution in [0.25, 0.3) is 0 Å². The molecule has 0 saturated carbocycles. The number of ether oxygens (including phenoxy) is 2. The molecule has 0 spiro atoms. The predicted molar refractivity (Wildman–Crippen MR) is 105 cm³/mol. The number of nitrogens with one attached hydrogen (secondary N) is 2. The highest BCUT2D eigenvalue weighted by atomic mass is 19.1. The summed E-state index contributed by atoms with van der Waals surface area (Å²) in [4.78, 5) is 16.4. The van der Waals surface area contributed by atoms with Crippen LogP contribution >= 0.6 is 0 Å². The fourth-order valence-corrected chi connectivity index (χ4v) is 2.62. The van der Waals surface area contributed by atoms with Crippen LogP contribution in [0.15, 0.2) is 60.8 Å². The van der Waals surface area contributed by atoms with Gasteiger partial charge < -0.3 is 20.1 Å². The molecule has 2 N–H and O–H groups in total. The summed E-state index contributed by atoms with van der Waals surface area (Å²) in [5.41, 5.74) is 2.08. The number of carbonyl (C=O) groups is 1. The van der Waals surface area contributed by atoms with Gasteiger partial charge in [0.1, 0.15) is 11.5 Å². The van der Waals surface area contributed by atoms with Gasteiger partial charge in [0.15, 0.2) is 11.5 Å². The van der Waals surface area contributed by atoms with Crippen molar-refractivity contribution in [3.05, 3.63) is 77.9 Å². The second-order valence-electron chi connectivity index (χ2n) is 5.90. The lowest BCUT2D eigenvalue weighted by atomic mass is 10.2. The first kappa shape index (κ1) is 19.2. The second kappa shape index (κ2) is 8.85. The molecular formula is C21H20FN3O3. The fourth-order valence-electron chi connectivity index (χ4n) is 2.62. The molecule has 1 heterocycles. The quantitative estimate of drug-likeness (QED) is 0.649. The third kappa shape index (κ3) is 4.56. The highest BCUT2D eigenvalue weighted by molar-refractivity contribution is 5.93. The Kier molecular flexibility index (Phi) is 6.06. The van der Waals surface area contributed by atoms with Crippen LogP contribution in [0.1, 0.15) is 16.1 Å².